The Hall–Kier alpha value is -2.82. The van der Waals surface area contributed by atoms with Crippen LogP contribution in [0.3, 0.4) is 0 Å². The van der Waals surface area contributed by atoms with E-state index in [-0.39, 0.29) is 18.5 Å². The molecule has 0 aliphatic carbocycles. The fourth-order valence-corrected chi connectivity index (χ4v) is 3.48. The van der Waals surface area contributed by atoms with E-state index in [1.807, 2.05) is 18.2 Å². The van der Waals surface area contributed by atoms with E-state index in [9.17, 15) is 9.59 Å². The summed E-state index contributed by atoms with van der Waals surface area (Å²) in [5.74, 6) is 1.85. The molecule has 0 unspecified atom stereocenters. The zero-order valence-electron chi connectivity index (χ0n) is 13.8. The molecule has 2 aliphatic rings. The second kappa shape index (κ2) is 7.20. The Bertz CT molecular complexity index is 825. The lowest BCUT2D eigenvalue weighted by atomic mass is 10.2. The Balaban J connectivity index is 1.38. The normalized spacial score (nSPS) is 16.1. The van der Waals surface area contributed by atoms with Crippen molar-refractivity contribution in [3.8, 4) is 17.2 Å². The number of urea groups is 1. The third kappa shape index (κ3) is 3.29. The van der Waals surface area contributed by atoms with Crippen LogP contribution in [0.15, 0.2) is 23.4 Å². The molecule has 1 saturated heterocycles. The van der Waals surface area contributed by atoms with Gasteiger partial charge in [-0.15, -0.1) is 5.10 Å². The number of nitrogens with one attached hydrogen (secondary N) is 1. The number of aromatic nitrogens is 4. The molecule has 1 N–H and O–H groups in total. The number of ether oxygens (including phenoxy) is 2. The van der Waals surface area contributed by atoms with Gasteiger partial charge in [-0.2, -0.15) is 4.68 Å². The third-order valence-electron chi connectivity index (χ3n) is 3.91. The molecular weight excluding hydrogens is 360 g/mol. The summed E-state index contributed by atoms with van der Waals surface area (Å²) in [6.45, 7) is 1.50. The molecular formula is C15H16N6O4S. The Morgan fingerprint density at radius 2 is 2.04 bits per heavy atom. The van der Waals surface area contributed by atoms with E-state index in [0.717, 1.165) is 5.69 Å². The minimum atomic E-state index is -0.332. The third-order valence-corrected chi connectivity index (χ3v) is 4.91. The van der Waals surface area contributed by atoms with Gasteiger partial charge in [0, 0.05) is 18.4 Å². The highest BCUT2D eigenvalue weighted by atomic mass is 32.2. The summed E-state index contributed by atoms with van der Waals surface area (Å²) in [6, 6.07) is 5.20. The van der Waals surface area contributed by atoms with Gasteiger partial charge in [0.1, 0.15) is 13.2 Å². The topological polar surface area (TPSA) is 111 Å². The number of thioether (sulfide) groups is 1. The van der Waals surface area contributed by atoms with Gasteiger partial charge in [-0.05, 0) is 29.0 Å². The second-order valence-corrected chi connectivity index (χ2v) is 6.67. The lowest BCUT2D eigenvalue weighted by Crippen LogP contribution is -2.32. The van der Waals surface area contributed by atoms with Gasteiger partial charge in [0.15, 0.2) is 11.5 Å². The van der Waals surface area contributed by atoms with E-state index in [1.54, 1.807) is 4.68 Å². The second-order valence-electron chi connectivity index (χ2n) is 5.61. The predicted molar refractivity (Wildman–Crippen MR) is 90.6 cm³/mol. The highest BCUT2D eigenvalue weighted by Crippen LogP contribution is 2.32. The van der Waals surface area contributed by atoms with Crippen LogP contribution in [0.4, 0.5) is 4.79 Å². The van der Waals surface area contributed by atoms with Crippen molar-refractivity contribution >= 4 is 23.7 Å². The molecule has 136 valence electrons. The summed E-state index contributed by atoms with van der Waals surface area (Å²) >= 11 is 1.46. The Morgan fingerprint density at radius 3 is 2.85 bits per heavy atom. The summed E-state index contributed by atoms with van der Waals surface area (Å²) in [7, 11) is 0. The first-order chi connectivity index (χ1) is 12.7. The molecule has 1 aromatic carbocycles. The minimum Gasteiger partial charge on any atom is -0.486 e. The monoisotopic (exact) mass is 376 g/mol. The minimum absolute atomic E-state index is 0.0777. The number of hydrogen-bond donors (Lipinski definition) is 1. The molecule has 1 aromatic heterocycles. The summed E-state index contributed by atoms with van der Waals surface area (Å²) in [6.07, 6.45) is 0.651. The highest BCUT2D eigenvalue weighted by molar-refractivity contribution is 7.99. The van der Waals surface area contributed by atoms with Crippen LogP contribution in [-0.2, 0) is 4.79 Å². The van der Waals surface area contributed by atoms with Crippen LogP contribution in [0, 0.1) is 0 Å². The van der Waals surface area contributed by atoms with Crippen molar-refractivity contribution in [3.63, 3.8) is 0 Å². The highest BCUT2D eigenvalue weighted by Gasteiger charge is 2.27. The molecule has 4 rings (SSSR count). The number of tetrazole rings is 1. The largest absolute Gasteiger partial charge is 0.486 e. The van der Waals surface area contributed by atoms with Crippen molar-refractivity contribution in [2.45, 2.75) is 11.6 Å². The zero-order valence-corrected chi connectivity index (χ0v) is 14.6. The lowest BCUT2D eigenvalue weighted by molar-refractivity contribution is -0.124. The zero-order chi connectivity index (χ0) is 17.9. The van der Waals surface area contributed by atoms with Gasteiger partial charge in [-0.1, -0.05) is 11.8 Å². The smallest absolute Gasteiger partial charge is 0.324 e. The van der Waals surface area contributed by atoms with Crippen LogP contribution < -0.4 is 14.8 Å². The molecule has 0 radical (unpaired) electrons. The quantitative estimate of drug-likeness (QED) is 0.440. The molecule has 26 heavy (non-hydrogen) atoms. The number of amides is 3. The van der Waals surface area contributed by atoms with Crippen molar-refractivity contribution in [1.82, 2.24) is 30.4 Å². The van der Waals surface area contributed by atoms with Crippen LogP contribution in [0.5, 0.6) is 11.5 Å². The fourth-order valence-electron chi connectivity index (χ4n) is 2.66. The molecule has 10 nitrogen and oxygen atoms in total. The summed E-state index contributed by atoms with van der Waals surface area (Å²) in [5.41, 5.74) is 0.774. The molecule has 2 aliphatic heterocycles. The maximum Gasteiger partial charge on any atom is 0.324 e. The number of carbonyl (C=O) groups excluding carboxylic acids is 2. The van der Waals surface area contributed by atoms with Gasteiger partial charge in [0.25, 0.3) is 0 Å². The van der Waals surface area contributed by atoms with Crippen molar-refractivity contribution in [2.75, 3.05) is 32.1 Å². The number of imide groups is 1. The summed E-state index contributed by atoms with van der Waals surface area (Å²) < 4.78 is 12.7. The molecule has 0 bridgehead atoms. The molecule has 3 amide bonds. The number of carbonyl (C=O) groups is 2. The average molecular weight is 376 g/mol. The van der Waals surface area contributed by atoms with E-state index in [0.29, 0.717) is 48.6 Å². The number of nitrogens with zero attached hydrogens (tertiary/aromatic N) is 5. The van der Waals surface area contributed by atoms with Crippen molar-refractivity contribution in [1.29, 1.82) is 0 Å². The maximum atomic E-state index is 11.5. The van der Waals surface area contributed by atoms with Crippen LogP contribution >= 0.6 is 11.8 Å². The van der Waals surface area contributed by atoms with Crippen LogP contribution in [0.1, 0.15) is 6.42 Å². The molecule has 11 heteroatoms. The molecule has 0 atom stereocenters. The van der Waals surface area contributed by atoms with E-state index >= 15 is 0 Å². The average Bonchev–Trinajstić information content (AvgIpc) is 3.26. The predicted octanol–water partition coefficient (Wildman–Crippen LogP) is 0.468. The summed E-state index contributed by atoms with van der Waals surface area (Å²) in [5, 5.41) is 14.9. The Labute approximate surface area is 152 Å². The van der Waals surface area contributed by atoms with Gasteiger partial charge >= 0.3 is 6.03 Å². The van der Waals surface area contributed by atoms with E-state index in [4.69, 9.17) is 9.47 Å². The van der Waals surface area contributed by atoms with Crippen LogP contribution in [0.25, 0.3) is 5.69 Å². The summed E-state index contributed by atoms with van der Waals surface area (Å²) in [4.78, 5) is 24.3. The molecule has 0 spiro atoms. The number of rotatable bonds is 6. The standard InChI is InChI=1S/C15H16N6O4S/c22-13-9-16-14(23)20(13)4-1-7-26-15-17-18-19-21(15)10-2-3-11-12(8-10)25-6-5-24-11/h2-3,8H,1,4-7,9H2,(H,16,23). The van der Waals surface area contributed by atoms with Crippen molar-refractivity contribution in [3.05, 3.63) is 18.2 Å². The van der Waals surface area contributed by atoms with E-state index in [1.165, 1.54) is 16.7 Å². The Morgan fingerprint density at radius 1 is 1.19 bits per heavy atom. The molecule has 1 fully saturated rings. The van der Waals surface area contributed by atoms with Crippen LogP contribution in [0.2, 0.25) is 0 Å². The molecule has 0 saturated carbocycles. The van der Waals surface area contributed by atoms with Gasteiger partial charge in [-0.25, -0.2) is 4.79 Å². The maximum absolute atomic E-state index is 11.5. The lowest BCUT2D eigenvalue weighted by Gasteiger charge is -2.18. The van der Waals surface area contributed by atoms with Gasteiger partial charge in [-0.3, -0.25) is 9.69 Å². The van der Waals surface area contributed by atoms with Gasteiger partial charge < -0.3 is 14.8 Å². The van der Waals surface area contributed by atoms with E-state index < -0.39 is 0 Å². The first-order valence-corrected chi connectivity index (χ1v) is 9.10. The molecule has 3 heterocycles. The van der Waals surface area contributed by atoms with Gasteiger partial charge in [0.05, 0.1) is 12.2 Å². The van der Waals surface area contributed by atoms with Crippen molar-refractivity contribution in [2.24, 2.45) is 0 Å². The number of fused-ring (bicyclic) bond motifs is 1. The van der Waals surface area contributed by atoms with Crippen LogP contribution in [-0.4, -0.2) is 69.1 Å². The first kappa shape index (κ1) is 16.6. The molecule has 2 aromatic rings. The number of hydrogen-bond acceptors (Lipinski definition) is 8. The fraction of sp³-hybridized carbons (Fsp3) is 0.400. The number of benzene rings is 1. The van der Waals surface area contributed by atoms with E-state index in [2.05, 4.69) is 20.8 Å². The van der Waals surface area contributed by atoms with Crippen molar-refractivity contribution < 1.29 is 19.1 Å². The Kier molecular flexibility index (Phi) is 4.61. The first-order valence-electron chi connectivity index (χ1n) is 8.12. The SMILES string of the molecule is O=C1CNC(=O)N1CCCSc1nnnn1-c1ccc2c(c1)OCCO2. The van der Waals surface area contributed by atoms with Gasteiger partial charge in [0.2, 0.25) is 11.1 Å².